The molecule has 4 rings (SSSR count). The zero-order valence-corrected chi connectivity index (χ0v) is 29.8. The van der Waals surface area contributed by atoms with Gasteiger partial charge in [0.25, 0.3) is 0 Å². The fourth-order valence-electron chi connectivity index (χ4n) is 6.42. The van der Waals surface area contributed by atoms with Gasteiger partial charge in [0.15, 0.2) is 17.0 Å². The molecule has 0 amide bonds. The SMILES string of the molecule is CC(=Nc1c(C(C)C)cccc1C(C)C)C(C(=O)c1ccccc1)(C(=O)c1ccccc1)C(C)=Nc1c(C(C)C)cccc1C(C)C. The van der Waals surface area contributed by atoms with Gasteiger partial charge in [0, 0.05) is 22.6 Å². The third-order valence-electron chi connectivity index (χ3n) is 9.08. The molecule has 244 valence electrons. The number of ketones is 2. The van der Waals surface area contributed by atoms with E-state index in [1.165, 1.54) is 0 Å². The molecule has 0 saturated heterocycles. The Labute approximate surface area is 282 Å². The molecular formula is C43H50N2O2. The van der Waals surface area contributed by atoms with Crippen molar-refractivity contribution in [3.8, 4) is 0 Å². The van der Waals surface area contributed by atoms with Gasteiger partial charge in [-0.2, -0.15) is 0 Å². The maximum atomic E-state index is 15.2. The minimum Gasteiger partial charge on any atom is -0.292 e. The number of para-hydroxylation sites is 2. The lowest BCUT2D eigenvalue weighted by molar-refractivity contribution is 0.0810. The molecule has 0 fully saturated rings. The second kappa shape index (κ2) is 15.0. The number of nitrogens with zero attached hydrogens (tertiary/aromatic N) is 2. The number of rotatable bonds is 12. The number of aliphatic imine (C=N–C) groups is 2. The maximum Gasteiger partial charge on any atom is 0.188 e. The van der Waals surface area contributed by atoms with E-state index < -0.39 is 5.41 Å². The maximum absolute atomic E-state index is 15.2. The van der Waals surface area contributed by atoms with Crippen LogP contribution in [0.3, 0.4) is 0 Å². The Bertz CT molecular complexity index is 1590. The highest BCUT2D eigenvalue weighted by molar-refractivity contribution is 6.46. The topological polar surface area (TPSA) is 58.9 Å². The molecule has 0 saturated carbocycles. The fourth-order valence-corrected chi connectivity index (χ4v) is 6.42. The number of carbonyl (C=O) groups is 2. The number of benzene rings is 4. The van der Waals surface area contributed by atoms with Crippen molar-refractivity contribution in [2.45, 2.75) is 92.9 Å². The summed E-state index contributed by atoms with van der Waals surface area (Å²) >= 11 is 0. The van der Waals surface area contributed by atoms with Crippen molar-refractivity contribution in [2.75, 3.05) is 0 Å². The van der Waals surface area contributed by atoms with Crippen LogP contribution in [-0.2, 0) is 0 Å². The molecule has 0 bridgehead atoms. The number of carbonyl (C=O) groups excluding carboxylic acids is 2. The van der Waals surface area contributed by atoms with Gasteiger partial charge in [-0.25, -0.2) is 0 Å². The predicted molar refractivity (Wildman–Crippen MR) is 199 cm³/mol. The molecule has 0 heterocycles. The van der Waals surface area contributed by atoms with Crippen LogP contribution < -0.4 is 0 Å². The van der Waals surface area contributed by atoms with Crippen LogP contribution in [0.15, 0.2) is 107 Å². The van der Waals surface area contributed by atoms with Crippen molar-refractivity contribution in [1.29, 1.82) is 0 Å². The quantitative estimate of drug-likeness (QED) is 0.0892. The van der Waals surface area contributed by atoms with Crippen molar-refractivity contribution in [2.24, 2.45) is 15.4 Å². The first-order valence-corrected chi connectivity index (χ1v) is 16.9. The molecule has 0 radical (unpaired) electrons. The number of hydrogen-bond acceptors (Lipinski definition) is 4. The molecule has 4 aromatic carbocycles. The van der Waals surface area contributed by atoms with Gasteiger partial charge >= 0.3 is 0 Å². The molecule has 4 heteroatoms. The Hall–Kier alpha value is -4.44. The van der Waals surface area contributed by atoms with Crippen LogP contribution in [0.5, 0.6) is 0 Å². The van der Waals surface area contributed by atoms with E-state index >= 15 is 9.59 Å². The first-order chi connectivity index (χ1) is 22.3. The Balaban J connectivity index is 2.21. The number of Topliss-reactive ketones (excluding diaryl/α,β-unsaturated/α-hetero) is 2. The second-order valence-electron chi connectivity index (χ2n) is 13.7. The Morgan fingerprint density at radius 2 is 0.723 bits per heavy atom. The molecular weight excluding hydrogens is 576 g/mol. The van der Waals surface area contributed by atoms with Crippen LogP contribution in [0.25, 0.3) is 0 Å². The third kappa shape index (κ3) is 7.12. The van der Waals surface area contributed by atoms with Gasteiger partial charge in [0.1, 0.15) is 0 Å². The lowest BCUT2D eigenvalue weighted by atomic mass is 9.67. The Kier molecular flexibility index (Phi) is 11.3. The Morgan fingerprint density at radius 1 is 0.447 bits per heavy atom. The van der Waals surface area contributed by atoms with Crippen LogP contribution in [0.2, 0.25) is 0 Å². The molecule has 0 aromatic heterocycles. The first kappa shape index (κ1) is 35.4. The molecule has 0 spiro atoms. The van der Waals surface area contributed by atoms with Crippen LogP contribution >= 0.6 is 0 Å². The van der Waals surface area contributed by atoms with Crippen LogP contribution in [-0.4, -0.2) is 23.0 Å². The summed E-state index contributed by atoms with van der Waals surface area (Å²) in [5.41, 5.74) is 5.81. The highest BCUT2D eigenvalue weighted by Gasteiger charge is 2.52. The summed E-state index contributed by atoms with van der Waals surface area (Å²) in [5, 5.41) is 0. The molecule has 0 unspecified atom stereocenters. The molecule has 0 aliphatic rings. The van der Waals surface area contributed by atoms with Crippen LogP contribution in [0, 0.1) is 5.41 Å². The summed E-state index contributed by atoms with van der Waals surface area (Å²) in [6.07, 6.45) is 0. The van der Waals surface area contributed by atoms with Gasteiger partial charge in [0.2, 0.25) is 0 Å². The average Bonchev–Trinajstić information content (AvgIpc) is 3.05. The largest absolute Gasteiger partial charge is 0.292 e. The predicted octanol–water partition coefficient (Wildman–Crippen LogP) is 11.8. The summed E-state index contributed by atoms with van der Waals surface area (Å²) in [7, 11) is 0. The van der Waals surface area contributed by atoms with Crippen molar-refractivity contribution < 1.29 is 9.59 Å². The monoisotopic (exact) mass is 626 g/mol. The summed E-state index contributed by atoms with van der Waals surface area (Å²) in [6, 6.07) is 30.7. The lowest BCUT2D eigenvalue weighted by Crippen LogP contribution is -2.51. The van der Waals surface area contributed by atoms with Gasteiger partial charge in [0.05, 0.1) is 11.4 Å². The van der Waals surface area contributed by atoms with E-state index in [1.54, 1.807) is 24.3 Å². The van der Waals surface area contributed by atoms with Crippen molar-refractivity contribution in [3.05, 3.63) is 130 Å². The van der Waals surface area contributed by atoms with E-state index in [4.69, 9.17) is 9.98 Å². The molecule has 0 N–H and O–H groups in total. The van der Waals surface area contributed by atoms with Crippen LogP contribution in [0.4, 0.5) is 11.4 Å². The van der Waals surface area contributed by atoms with Gasteiger partial charge in [-0.3, -0.25) is 19.6 Å². The van der Waals surface area contributed by atoms with Crippen LogP contribution in [0.1, 0.15) is 136 Å². The second-order valence-corrected chi connectivity index (χ2v) is 13.7. The standard InChI is InChI=1S/C43H50N2O2/c1-27(2)35-23-17-24-36(28(3)4)39(35)44-31(9)43(41(46)33-19-13-11-14-20-33,42(47)34-21-15-12-16-22-34)32(10)45-40-37(29(5)6)25-18-26-38(40)30(7)8/h11-30H,1-10H3. The van der Waals surface area contributed by atoms with E-state index in [2.05, 4.69) is 91.8 Å². The van der Waals surface area contributed by atoms with Gasteiger partial charge < -0.3 is 0 Å². The summed E-state index contributed by atoms with van der Waals surface area (Å²) in [5.74, 6) is 0.0683. The van der Waals surface area contributed by atoms with E-state index in [9.17, 15) is 0 Å². The minimum absolute atomic E-state index is 0.186. The van der Waals surface area contributed by atoms with E-state index in [1.807, 2.05) is 50.2 Å². The number of hydrogen-bond donors (Lipinski definition) is 0. The summed E-state index contributed by atoms with van der Waals surface area (Å²) in [4.78, 5) is 41.2. The molecule has 0 aliphatic carbocycles. The van der Waals surface area contributed by atoms with E-state index in [0.717, 1.165) is 33.6 Å². The van der Waals surface area contributed by atoms with Gasteiger partial charge in [-0.1, -0.05) is 152 Å². The van der Waals surface area contributed by atoms with Gasteiger partial charge in [-0.05, 0) is 59.8 Å². The highest BCUT2D eigenvalue weighted by atomic mass is 16.2. The highest BCUT2D eigenvalue weighted by Crippen LogP contribution is 2.41. The summed E-state index contributed by atoms with van der Waals surface area (Å²) < 4.78 is 0. The molecule has 4 aromatic rings. The molecule has 47 heavy (non-hydrogen) atoms. The molecule has 4 nitrogen and oxygen atoms in total. The van der Waals surface area contributed by atoms with E-state index in [-0.39, 0.29) is 35.2 Å². The van der Waals surface area contributed by atoms with E-state index in [0.29, 0.717) is 22.6 Å². The summed E-state index contributed by atoms with van der Waals surface area (Å²) in [6.45, 7) is 20.8. The van der Waals surface area contributed by atoms with Crippen molar-refractivity contribution in [1.82, 2.24) is 0 Å². The lowest BCUT2D eigenvalue weighted by Gasteiger charge is -2.32. The third-order valence-corrected chi connectivity index (χ3v) is 9.08. The zero-order valence-electron chi connectivity index (χ0n) is 29.8. The average molecular weight is 627 g/mol. The zero-order chi connectivity index (χ0) is 34.5. The van der Waals surface area contributed by atoms with Crippen molar-refractivity contribution >= 4 is 34.4 Å². The minimum atomic E-state index is -1.81. The fraction of sp³-hybridized carbons (Fsp3) is 0.349. The smallest absolute Gasteiger partial charge is 0.188 e. The van der Waals surface area contributed by atoms with Crippen molar-refractivity contribution in [3.63, 3.8) is 0 Å². The molecule has 0 atom stereocenters. The normalized spacial score (nSPS) is 12.8. The first-order valence-electron chi connectivity index (χ1n) is 16.9. The Morgan fingerprint density at radius 3 is 0.979 bits per heavy atom. The molecule has 0 aliphatic heterocycles. The van der Waals surface area contributed by atoms with Gasteiger partial charge in [-0.15, -0.1) is 0 Å².